The van der Waals surface area contributed by atoms with Gasteiger partial charge in [-0.2, -0.15) is 0 Å². The van der Waals surface area contributed by atoms with Gasteiger partial charge >= 0.3 is 0 Å². The maximum absolute atomic E-state index is 9.79. The summed E-state index contributed by atoms with van der Waals surface area (Å²) in [6.45, 7) is 6.55. The van der Waals surface area contributed by atoms with Crippen LogP contribution in [0.25, 0.3) is 0 Å². The number of nitrogens with one attached hydrogen (secondary N) is 2. The van der Waals surface area contributed by atoms with Gasteiger partial charge in [0, 0.05) is 18.1 Å². The van der Waals surface area contributed by atoms with Crippen molar-refractivity contribution in [1.82, 2.24) is 10.6 Å². The summed E-state index contributed by atoms with van der Waals surface area (Å²) in [4.78, 5) is 0. The third-order valence-electron chi connectivity index (χ3n) is 2.48. The van der Waals surface area contributed by atoms with E-state index in [0.717, 1.165) is 5.56 Å². The maximum Gasteiger partial charge on any atom is 0.166 e. The molecule has 0 amide bonds. The normalized spacial score (nSPS) is 11.6. The van der Waals surface area contributed by atoms with E-state index in [-0.39, 0.29) is 6.61 Å². The van der Waals surface area contributed by atoms with Crippen LogP contribution in [0.2, 0.25) is 5.02 Å². The summed E-state index contributed by atoms with van der Waals surface area (Å²) in [5, 5.41) is 16.8. The van der Waals surface area contributed by atoms with Gasteiger partial charge in [0.2, 0.25) is 0 Å². The first-order chi connectivity index (χ1) is 9.52. The van der Waals surface area contributed by atoms with Gasteiger partial charge in [0.25, 0.3) is 0 Å². The van der Waals surface area contributed by atoms with Crippen LogP contribution in [0.5, 0.6) is 5.75 Å². The van der Waals surface area contributed by atoms with E-state index in [4.69, 9.17) is 28.6 Å². The van der Waals surface area contributed by atoms with Crippen molar-refractivity contribution in [3.63, 3.8) is 0 Å². The SMILES string of the molecule is C=CCNC(=S)NCC(O)COc1ccc(Cl)c(C)c1. The number of rotatable bonds is 7. The third kappa shape index (κ3) is 6.23. The molecule has 20 heavy (non-hydrogen) atoms. The zero-order chi connectivity index (χ0) is 15.0. The summed E-state index contributed by atoms with van der Waals surface area (Å²) in [6.07, 6.45) is 1.05. The number of hydrogen-bond donors (Lipinski definition) is 3. The highest BCUT2D eigenvalue weighted by Crippen LogP contribution is 2.20. The fraction of sp³-hybridized carbons (Fsp3) is 0.357. The molecule has 0 saturated heterocycles. The molecule has 0 fully saturated rings. The van der Waals surface area contributed by atoms with Gasteiger partial charge < -0.3 is 20.5 Å². The van der Waals surface area contributed by atoms with Crippen molar-refractivity contribution in [2.45, 2.75) is 13.0 Å². The number of hydrogen-bond acceptors (Lipinski definition) is 3. The van der Waals surface area contributed by atoms with Gasteiger partial charge in [0.05, 0.1) is 0 Å². The Hall–Kier alpha value is -1.30. The molecule has 4 nitrogen and oxygen atoms in total. The Morgan fingerprint density at radius 1 is 1.55 bits per heavy atom. The van der Waals surface area contributed by atoms with Gasteiger partial charge in [0.15, 0.2) is 5.11 Å². The summed E-state index contributed by atoms with van der Waals surface area (Å²) in [6, 6.07) is 5.37. The van der Waals surface area contributed by atoms with Crippen molar-refractivity contribution in [2.75, 3.05) is 19.7 Å². The van der Waals surface area contributed by atoms with E-state index in [2.05, 4.69) is 17.2 Å². The molecule has 0 aliphatic heterocycles. The van der Waals surface area contributed by atoms with Gasteiger partial charge in [-0.05, 0) is 42.9 Å². The van der Waals surface area contributed by atoms with Crippen molar-refractivity contribution in [2.24, 2.45) is 0 Å². The summed E-state index contributed by atoms with van der Waals surface area (Å²) < 4.78 is 5.49. The van der Waals surface area contributed by atoms with Gasteiger partial charge in [-0.1, -0.05) is 17.7 Å². The second kappa shape index (κ2) is 8.79. The van der Waals surface area contributed by atoms with Crippen LogP contribution >= 0.6 is 23.8 Å². The lowest BCUT2D eigenvalue weighted by Crippen LogP contribution is -2.41. The summed E-state index contributed by atoms with van der Waals surface area (Å²) >= 11 is 10.9. The fourth-order valence-corrected chi connectivity index (χ4v) is 1.68. The van der Waals surface area contributed by atoms with Crippen LogP contribution in [-0.2, 0) is 0 Å². The first kappa shape index (κ1) is 16.8. The lowest BCUT2D eigenvalue weighted by Gasteiger charge is -2.15. The number of aryl methyl sites for hydroxylation is 1. The molecule has 1 aromatic carbocycles. The predicted octanol–water partition coefficient (Wildman–Crippen LogP) is 2.04. The molecule has 1 aromatic rings. The van der Waals surface area contributed by atoms with E-state index < -0.39 is 6.10 Å². The van der Waals surface area contributed by atoms with Crippen LogP contribution in [-0.4, -0.2) is 36.0 Å². The largest absolute Gasteiger partial charge is 0.491 e. The van der Waals surface area contributed by atoms with Crippen LogP contribution in [0.1, 0.15) is 5.56 Å². The van der Waals surface area contributed by atoms with Crippen molar-refractivity contribution in [3.8, 4) is 5.75 Å². The Labute approximate surface area is 129 Å². The molecule has 1 rings (SSSR count). The van der Waals surface area contributed by atoms with Gasteiger partial charge in [-0.25, -0.2) is 0 Å². The minimum atomic E-state index is -0.658. The van der Waals surface area contributed by atoms with Gasteiger partial charge in [-0.3, -0.25) is 0 Å². The molecule has 0 aliphatic rings. The molecule has 1 unspecified atom stereocenters. The van der Waals surface area contributed by atoms with Gasteiger partial charge in [0.1, 0.15) is 18.5 Å². The summed E-state index contributed by atoms with van der Waals surface area (Å²) in [5.74, 6) is 0.679. The Morgan fingerprint density at radius 3 is 2.95 bits per heavy atom. The van der Waals surface area contributed by atoms with Crippen LogP contribution in [0.15, 0.2) is 30.9 Å². The Morgan fingerprint density at radius 2 is 2.30 bits per heavy atom. The molecule has 3 N–H and O–H groups in total. The molecule has 6 heteroatoms. The standard InChI is InChI=1S/C14H19ClN2O2S/c1-3-6-16-14(20)17-8-11(18)9-19-12-4-5-13(15)10(2)7-12/h3-5,7,11,18H,1,6,8-9H2,2H3,(H2,16,17,20). The summed E-state index contributed by atoms with van der Waals surface area (Å²) in [7, 11) is 0. The first-order valence-electron chi connectivity index (χ1n) is 6.22. The Kier molecular flexibility index (Phi) is 7.36. The van der Waals surface area contributed by atoms with Crippen molar-refractivity contribution < 1.29 is 9.84 Å². The van der Waals surface area contributed by atoms with Crippen molar-refractivity contribution >= 4 is 28.9 Å². The van der Waals surface area contributed by atoms with Gasteiger partial charge in [-0.15, -0.1) is 6.58 Å². The Balaban J connectivity index is 2.28. The first-order valence-corrected chi connectivity index (χ1v) is 7.01. The second-order valence-electron chi connectivity index (χ2n) is 4.26. The zero-order valence-electron chi connectivity index (χ0n) is 11.4. The molecular formula is C14H19ClN2O2S. The van der Waals surface area contributed by atoms with E-state index in [0.29, 0.717) is 29.0 Å². The molecule has 0 bridgehead atoms. The minimum absolute atomic E-state index is 0.179. The highest BCUT2D eigenvalue weighted by molar-refractivity contribution is 7.80. The monoisotopic (exact) mass is 314 g/mol. The number of ether oxygens (including phenoxy) is 1. The minimum Gasteiger partial charge on any atom is -0.491 e. The lowest BCUT2D eigenvalue weighted by atomic mass is 10.2. The number of thiocarbonyl (C=S) groups is 1. The van der Waals surface area contributed by atoms with E-state index >= 15 is 0 Å². The molecule has 0 spiro atoms. The Bertz CT molecular complexity index is 468. The lowest BCUT2D eigenvalue weighted by molar-refractivity contribution is 0.110. The molecule has 0 saturated carbocycles. The molecule has 0 heterocycles. The van der Waals surface area contributed by atoms with E-state index in [1.54, 1.807) is 18.2 Å². The number of benzene rings is 1. The zero-order valence-corrected chi connectivity index (χ0v) is 12.9. The summed E-state index contributed by atoms with van der Waals surface area (Å²) in [5.41, 5.74) is 0.937. The molecular weight excluding hydrogens is 296 g/mol. The quantitative estimate of drug-likeness (QED) is 0.531. The molecule has 110 valence electrons. The van der Waals surface area contributed by atoms with Crippen molar-refractivity contribution in [3.05, 3.63) is 41.4 Å². The number of aliphatic hydroxyl groups is 1. The number of aliphatic hydroxyl groups excluding tert-OH is 1. The van der Waals surface area contributed by atoms with E-state index in [1.807, 2.05) is 13.0 Å². The highest BCUT2D eigenvalue weighted by Gasteiger charge is 2.06. The fourth-order valence-electron chi connectivity index (χ4n) is 1.40. The molecule has 0 radical (unpaired) electrons. The van der Waals surface area contributed by atoms with Crippen LogP contribution < -0.4 is 15.4 Å². The average Bonchev–Trinajstić information content (AvgIpc) is 2.44. The van der Waals surface area contributed by atoms with Crippen LogP contribution in [0.4, 0.5) is 0 Å². The number of halogens is 1. The average molecular weight is 315 g/mol. The maximum atomic E-state index is 9.79. The third-order valence-corrected chi connectivity index (χ3v) is 3.19. The highest BCUT2D eigenvalue weighted by atomic mass is 35.5. The smallest absolute Gasteiger partial charge is 0.166 e. The van der Waals surface area contributed by atoms with Crippen LogP contribution in [0, 0.1) is 6.92 Å². The second-order valence-corrected chi connectivity index (χ2v) is 5.07. The van der Waals surface area contributed by atoms with E-state index in [9.17, 15) is 5.11 Å². The van der Waals surface area contributed by atoms with Crippen LogP contribution in [0.3, 0.4) is 0 Å². The molecule has 1 atom stereocenters. The van der Waals surface area contributed by atoms with Crippen molar-refractivity contribution in [1.29, 1.82) is 0 Å². The predicted molar refractivity (Wildman–Crippen MR) is 86.5 cm³/mol. The van der Waals surface area contributed by atoms with E-state index in [1.165, 1.54) is 0 Å². The molecule has 0 aromatic heterocycles. The topological polar surface area (TPSA) is 53.5 Å². The molecule has 0 aliphatic carbocycles.